The first-order valence-corrected chi connectivity index (χ1v) is 7.62. The van der Waals surface area contributed by atoms with Crippen LogP contribution in [0.5, 0.6) is 0 Å². The van der Waals surface area contributed by atoms with Crippen molar-refractivity contribution >= 4 is 12.0 Å². The van der Waals surface area contributed by atoms with Gasteiger partial charge in [0.2, 0.25) is 5.91 Å². The second-order valence-electron chi connectivity index (χ2n) is 6.48. The molecule has 22 heavy (non-hydrogen) atoms. The highest BCUT2D eigenvalue weighted by Crippen LogP contribution is 2.20. The molecular weight excluding hydrogens is 284 g/mol. The minimum absolute atomic E-state index is 0.153. The lowest BCUT2D eigenvalue weighted by molar-refractivity contribution is -0.127. The van der Waals surface area contributed by atoms with E-state index in [-0.39, 0.29) is 5.91 Å². The van der Waals surface area contributed by atoms with Crippen LogP contribution in [-0.4, -0.2) is 45.3 Å². The summed E-state index contributed by atoms with van der Waals surface area (Å²) >= 11 is 0. The Morgan fingerprint density at radius 2 is 2.23 bits per heavy atom. The molecule has 0 aromatic carbocycles. The van der Waals surface area contributed by atoms with Crippen LogP contribution in [0.2, 0.25) is 0 Å². The number of nitrogens with zero attached hydrogens (tertiary/aromatic N) is 2. The summed E-state index contributed by atoms with van der Waals surface area (Å²) in [7, 11) is 0. The highest BCUT2D eigenvalue weighted by molar-refractivity contribution is 5.85. The summed E-state index contributed by atoms with van der Waals surface area (Å²) in [6.07, 6.45) is 3.70. The van der Waals surface area contributed by atoms with Crippen LogP contribution < -0.4 is 5.32 Å². The average Bonchev–Trinajstić information content (AvgIpc) is 2.96. The molecule has 1 aromatic rings. The van der Waals surface area contributed by atoms with Gasteiger partial charge in [-0.25, -0.2) is 4.79 Å². The van der Waals surface area contributed by atoms with Gasteiger partial charge in [-0.15, -0.1) is 0 Å². The number of carbonyl (C=O) groups is 2. The van der Waals surface area contributed by atoms with Crippen molar-refractivity contribution in [2.45, 2.75) is 58.2 Å². The molecule has 0 unspecified atom stereocenters. The van der Waals surface area contributed by atoms with E-state index in [1.807, 2.05) is 20.8 Å². The Kier molecular flexibility index (Phi) is 5.05. The molecule has 1 aliphatic rings. The molecule has 0 radical (unpaired) electrons. The molecule has 2 amide bonds. The number of aromatic amines is 1. The SMILES string of the molecule is CC(C)(C)OC(=O)N1CCCC[C@@H]1C(=O)NCc1ccn[nH]1. The van der Waals surface area contributed by atoms with Crippen LogP contribution in [0.3, 0.4) is 0 Å². The lowest BCUT2D eigenvalue weighted by atomic mass is 10.0. The number of likely N-dealkylation sites (tertiary alicyclic amines) is 1. The van der Waals surface area contributed by atoms with E-state index >= 15 is 0 Å². The number of hydrogen-bond acceptors (Lipinski definition) is 4. The molecule has 7 nitrogen and oxygen atoms in total. The molecule has 0 saturated carbocycles. The maximum absolute atomic E-state index is 12.4. The van der Waals surface area contributed by atoms with Crippen molar-refractivity contribution in [2.24, 2.45) is 0 Å². The number of hydrogen-bond donors (Lipinski definition) is 2. The summed E-state index contributed by atoms with van der Waals surface area (Å²) < 4.78 is 5.40. The third-order valence-electron chi connectivity index (χ3n) is 3.44. The third-order valence-corrected chi connectivity index (χ3v) is 3.44. The van der Waals surface area contributed by atoms with Gasteiger partial charge in [0, 0.05) is 12.7 Å². The second-order valence-corrected chi connectivity index (χ2v) is 6.48. The molecule has 1 fully saturated rings. The fourth-order valence-electron chi connectivity index (χ4n) is 2.43. The fourth-order valence-corrected chi connectivity index (χ4v) is 2.43. The summed E-state index contributed by atoms with van der Waals surface area (Å²) in [5.74, 6) is -0.153. The molecule has 7 heteroatoms. The predicted molar refractivity (Wildman–Crippen MR) is 81.0 cm³/mol. The normalized spacial score (nSPS) is 18.9. The van der Waals surface area contributed by atoms with Crippen molar-refractivity contribution in [1.82, 2.24) is 20.4 Å². The molecule has 0 spiro atoms. The highest BCUT2D eigenvalue weighted by Gasteiger charge is 2.34. The average molecular weight is 308 g/mol. The molecular formula is C15H24N4O3. The molecule has 0 bridgehead atoms. The first-order chi connectivity index (χ1) is 10.4. The van der Waals surface area contributed by atoms with Gasteiger partial charge in [0.05, 0.1) is 12.2 Å². The second kappa shape index (κ2) is 6.81. The maximum atomic E-state index is 12.4. The Balaban J connectivity index is 1.96. The molecule has 1 saturated heterocycles. The van der Waals surface area contributed by atoms with E-state index in [2.05, 4.69) is 15.5 Å². The summed E-state index contributed by atoms with van der Waals surface area (Å²) in [5, 5.41) is 9.47. The van der Waals surface area contributed by atoms with Gasteiger partial charge in [-0.2, -0.15) is 5.10 Å². The van der Waals surface area contributed by atoms with E-state index in [0.29, 0.717) is 19.5 Å². The molecule has 2 heterocycles. The molecule has 1 aromatic heterocycles. The smallest absolute Gasteiger partial charge is 0.410 e. The standard InChI is InChI=1S/C15H24N4O3/c1-15(2,3)22-14(21)19-9-5-4-6-12(19)13(20)16-10-11-7-8-17-18-11/h7-8,12H,4-6,9-10H2,1-3H3,(H,16,20)(H,17,18)/t12-/m1/s1. The van der Waals surface area contributed by atoms with Crippen molar-refractivity contribution in [3.8, 4) is 0 Å². The molecule has 122 valence electrons. The molecule has 1 atom stereocenters. The minimum atomic E-state index is -0.564. The van der Waals surface area contributed by atoms with Crippen molar-refractivity contribution in [3.63, 3.8) is 0 Å². The van der Waals surface area contributed by atoms with Crippen LogP contribution in [0.25, 0.3) is 0 Å². The fraction of sp³-hybridized carbons (Fsp3) is 0.667. The molecule has 2 rings (SSSR count). The summed E-state index contributed by atoms with van der Waals surface area (Å²) in [6.45, 7) is 6.39. The Labute approximate surface area is 130 Å². The van der Waals surface area contributed by atoms with Crippen LogP contribution >= 0.6 is 0 Å². The number of aromatic nitrogens is 2. The third kappa shape index (κ3) is 4.47. The van der Waals surface area contributed by atoms with Crippen molar-refractivity contribution in [2.75, 3.05) is 6.54 Å². The number of amides is 2. The quantitative estimate of drug-likeness (QED) is 0.891. The van der Waals surface area contributed by atoms with Crippen LogP contribution in [0.15, 0.2) is 12.3 Å². The number of ether oxygens (including phenoxy) is 1. The summed E-state index contributed by atoms with van der Waals surface area (Å²) in [6, 6.07) is 1.33. The van der Waals surface area contributed by atoms with Gasteiger partial charge in [-0.3, -0.25) is 14.8 Å². The molecule has 2 N–H and O–H groups in total. The van der Waals surface area contributed by atoms with E-state index in [1.54, 1.807) is 12.3 Å². The molecule has 1 aliphatic heterocycles. The Morgan fingerprint density at radius 1 is 1.45 bits per heavy atom. The van der Waals surface area contributed by atoms with Crippen LogP contribution in [0.1, 0.15) is 45.7 Å². The van der Waals surface area contributed by atoms with Crippen molar-refractivity contribution in [3.05, 3.63) is 18.0 Å². The van der Waals surface area contributed by atoms with E-state index in [9.17, 15) is 9.59 Å². The zero-order valence-corrected chi connectivity index (χ0v) is 13.4. The number of carbonyl (C=O) groups excluding carboxylic acids is 2. The van der Waals surface area contributed by atoms with Gasteiger partial charge in [-0.1, -0.05) is 0 Å². The van der Waals surface area contributed by atoms with E-state index < -0.39 is 17.7 Å². The Bertz CT molecular complexity index is 507. The maximum Gasteiger partial charge on any atom is 0.410 e. The Hall–Kier alpha value is -2.05. The van der Waals surface area contributed by atoms with Gasteiger partial charge in [0.25, 0.3) is 0 Å². The van der Waals surface area contributed by atoms with Gasteiger partial charge >= 0.3 is 6.09 Å². The monoisotopic (exact) mass is 308 g/mol. The lowest BCUT2D eigenvalue weighted by Crippen LogP contribution is -2.53. The first-order valence-electron chi connectivity index (χ1n) is 7.62. The van der Waals surface area contributed by atoms with Crippen LogP contribution in [-0.2, 0) is 16.1 Å². The predicted octanol–water partition coefficient (Wildman–Crippen LogP) is 1.82. The number of H-pyrrole nitrogens is 1. The van der Waals surface area contributed by atoms with Crippen molar-refractivity contribution < 1.29 is 14.3 Å². The summed E-state index contributed by atoms with van der Waals surface area (Å²) in [4.78, 5) is 26.2. The van der Waals surface area contributed by atoms with Crippen molar-refractivity contribution in [1.29, 1.82) is 0 Å². The zero-order chi connectivity index (χ0) is 16.2. The van der Waals surface area contributed by atoms with Gasteiger partial charge in [-0.05, 0) is 46.1 Å². The number of piperidine rings is 1. The van der Waals surface area contributed by atoms with Crippen LogP contribution in [0.4, 0.5) is 4.79 Å². The Morgan fingerprint density at radius 3 is 2.86 bits per heavy atom. The van der Waals surface area contributed by atoms with Gasteiger partial charge in [0.15, 0.2) is 0 Å². The first kappa shape index (κ1) is 16.3. The van der Waals surface area contributed by atoms with Gasteiger partial charge in [0.1, 0.15) is 11.6 Å². The topological polar surface area (TPSA) is 87.3 Å². The minimum Gasteiger partial charge on any atom is -0.444 e. The largest absolute Gasteiger partial charge is 0.444 e. The lowest BCUT2D eigenvalue weighted by Gasteiger charge is -2.35. The number of nitrogens with one attached hydrogen (secondary N) is 2. The van der Waals surface area contributed by atoms with E-state index in [4.69, 9.17) is 4.74 Å². The van der Waals surface area contributed by atoms with Gasteiger partial charge < -0.3 is 10.1 Å². The van der Waals surface area contributed by atoms with E-state index in [0.717, 1.165) is 18.5 Å². The van der Waals surface area contributed by atoms with Crippen LogP contribution in [0, 0.1) is 0 Å². The van der Waals surface area contributed by atoms with E-state index in [1.165, 1.54) is 4.90 Å². The zero-order valence-electron chi connectivity index (χ0n) is 13.4. The number of rotatable bonds is 3. The highest BCUT2D eigenvalue weighted by atomic mass is 16.6. The molecule has 0 aliphatic carbocycles. The summed E-state index contributed by atoms with van der Waals surface area (Å²) in [5.41, 5.74) is 0.263.